The molecule has 2 rings (SSSR count). The molecule has 0 aromatic heterocycles. The van der Waals surface area contributed by atoms with Crippen LogP contribution in [0.3, 0.4) is 0 Å². The van der Waals surface area contributed by atoms with E-state index in [1.807, 2.05) is 0 Å². The number of carbonyl (C=O) groups is 1. The second kappa shape index (κ2) is 5.61. The third-order valence-electron chi connectivity index (χ3n) is 3.01. The second-order valence-corrected chi connectivity index (χ2v) is 4.40. The summed E-state index contributed by atoms with van der Waals surface area (Å²) in [6.07, 6.45) is -2.87. The van der Waals surface area contributed by atoms with Crippen LogP contribution >= 0.6 is 0 Å². The number of rotatable bonds is 4. The van der Waals surface area contributed by atoms with Gasteiger partial charge in [-0.25, -0.2) is 0 Å². The summed E-state index contributed by atoms with van der Waals surface area (Å²) >= 11 is 0. The summed E-state index contributed by atoms with van der Waals surface area (Å²) in [5.41, 5.74) is -0.859. The van der Waals surface area contributed by atoms with E-state index in [1.165, 1.54) is 18.2 Å². The van der Waals surface area contributed by atoms with Crippen molar-refractivity contribution >= 4 is 5.78 Å². The summed E-state index contributed by atoms with van der Waals surface area (Å²) in [5, 5.41) is 2.99. The monoisotopic (exact) mass is 273 g/mol. The zero-order chi connectivity index (χ0) is 13.9. The van der Waals surface area contributed by atoms with Crippen molar-refractivity contribution in [1.82, 2.24) is 5.32 Å². The van der Waals surface area contributed by atoms with E-state index in [4.69, 9.17) is 4.74 Å². The lowest BCUT2D eigenvalue weighted by Crippen LogP contribution is -2.34. The zero-order valence-corrected chi connectivity index (χ0v) is 10.2. The average Bonchev–Trinajstić information content (AvgIpc) is 2.89. The van der Waals surface area contributed by atoms with Gasteiger partial charge in [0.15, 0.2) is 5.78 Å². The van der Waals surface area contributed by atoms with Crippen molar-refractivity contribution in [2.24, 2.45) is 0 Å². The molecule has 1 heterocycles. The van der Waals surface area contributed by atoms with Crippen LogP contribution in [0.25, 0.3) is 0 Å². The Balaban J connectivity index is 2.01. The van der Waals surface area contributed by atoms with Gasteiger partial charge in [0.05, 0.1) is 11.6 Å². The van der Waals surface area contributed by atoms with Gasteiger partial charge in [-0.1, -0.05) is 12.1 Å². The lowest BCUT2D eigenvalue weighted by Gasteiger charge is -2.14. The van der Waals surface area contributed by atoms with Crippen molar-refractivity contribution in [2.75, 3.05) is 13.2 Å². The van der Waals surface area contributed by atoms with E-state index in [-0.39, 0.29) is 24.2 Å². The number of carbonyl (C=O) groups excluding carboxylic acids is 1. The molecule has 1 saturated heterocycles. The summed E-state index contributed by atoms with van der Waals surface area (Å²) in [6.45, 7) is 0.417. The topological polar surface area (TPSA) is 38.3 Å². The Morgan fingerprint density at radius 3 is 2.74 bits per heavy atom. The fourth-order valence-corrected chi connectivity index (χ4v) is 2.04. The first-order valence-corrected chi connectivity index (χ1v) is 6.03. The molecule has 0 amide bonds. The van der Waals surface area contributed by atoms with E-state index in [1.54, 1.807) is 0 Å². The quantitative estimate of drug-likeness (QED) is 0.915. The van der Waals surface area contributed by atoms with Crippen molar-refractivity contribution in [1.29, 1.82) is 0 Å². The lowest BCUT2D eigenvalue weighted by atomic mass is 10.1. The van der Waals surface area contributed by atoms with Crippen molar-refractivity contribution < 1.29 is 22.7 Å². The molecule has 1 N–H and O–H groups in total. The highest BCUT2D eigenvalue weighted by atomic mass is 19.4. The first kappa shape index (κ1) is 13.9. The Morgan fingerprint density at radius 2 is 2.11 bits per heavy atom. The van der Waals surface area contributed by atoms with E-state index in [0.717, 1.165) is 19.0 Å². The summed E-state index contributed by atoms with van der Waals surface area (Å²) in [6, 6.07) is 4.60. The van der Waals surface area contributed by atoms with Crippen LogP contribution in [-0.2, 0) is 11.0 Å². The van der Waals surface area contributed by atoms with Crippen LogP contribution < -0.4 is 10.1 Å². The van der Waals surface area contributed by atoms with Gasteiger partial charge in [-0.05, 0) is 31.5 Å². The molecule has 1 aliphatic heterocycles. The number of benzene rings is 1. The van der Waals surface area contributed by atoms with E-state index in [9.17, 15) is 18.0 Å². The minimum absolute atomic E-state index is 0.213. The number of ether oxygens (including phenoxy) is 1. The standard InChI is InChI=1S/C13H14F3NO2/c14-13(15,16)9-4-1-2-6-12(9)19-8-11(18)10-5-3-7-17-10/h1-2,4,6,10,17H,3,5,7-8H2. The fourth-order valence-electron chi connectivity index (χ4n) is 2.04. The normalized spacial score (nSPS) is 19.4. The van der Waals surface area contributed by atoms with Gasteiger partial charge in [-0.3, -0.25) is 4.79 Å². The maximum absolute atomic E-state index is 12.7. The molecule has 3 nitrogen and oxygen atoms in total. The molecular weight excluding hydrogens is 259 g/mol. The summed E-state index contributed by atoms with van der Waals surface area (Å²) in [5.74, 6) is -0.518. The Bertz CT molecular complexity index is 453. The predicted octanol–water partition coefficient (Wildman–Crippen LogP) is 2.41. The van der Waals surface area contributed by atoms with Crippen LogP contribution in [0, 0.1) is 0 Å². The molecule has 1 unspecified atom stereocenters. The molecule has 1 fully saturated rings. The molecule has 1 atom stereocenters. The highest BCUT2D eigenvalue weighted by Crippen LogP contribution is 2.35. The van der Waals surface area contributed by atoms with E-state index in [2.05, 4.69) is 5.32 Å². The van der Waals surface area contributed by atoms with Crippen LogP contribution in [0.15, 0.2) is 24.3 Å². The number of hydrogen-bond donors (Lipinski definition) is 1. The third-order valence-corrected chi connectivity index (χ3v) is 3.01. The number of para-hydroxylation sites is 1. The number of alkyl halides is 3. The van der Waals surface area contributed by atoms with Crippen molar-refractivity contribution in [3.63, 3.8) is 0 Å². The largest absolute Gasteiger partial charge is 0.485 e. The van der Waals surface area contributed by atoms with Crippen LogP contribution in [0.2, 0.25) is 0 Å². The highest BCUT2D eigenvalue weighted by molar-refractivity contribution is 5.85. The SMILES string of the molecule is O=C(COc1ccccc1C(F)(F)F)C1CCCN1. The molecule has 19 heavy (non-hydrogen) atoms. The lowest BCUT2D eigenvalue weighted by molar-refractivity contribution is -0.139. The van der Waals surface area contributed by atoms with Crippen LogP contribution in [-0.4, -0.2) is 25.0 Å². The molecule has 0 spiro atoms. The molecule has 0 radical (unpaired) electrons. The summed E-state index contributed by atoms with van der Waals surface area (Å²) in [4.78, 5) is 11.7. The van der Waals surface area contributed by atoms with Crippen molar-refractivity contribution in [2.45, 2.75) is 25.1 Å². The molecule has 104 valence electrons. The van der Waals surface area contributed by atoms with Gasteiger partial charge in [-0.15, -0.1) is 0 Å². The molecular formula is C13H14F3NO2. The van der Waals surface area contributed by atoms with Gasteiger partial charge in [0, 0.05) is 0 Å². The minimum Gasteiger partial charge on any atom is -0.485 e. The smallest absolute Gasteiger partial charge is 0.419 e. The third kappa shape index (κ3) is 3.47. The Kier molecular flexibility index (Phi) is 4.09. The van der Waals surface area contributed by atoms with Gasteiger partial charge >= 0.3 is 6.18 Å². The van der Waals surface area contributed by atoms with Gasteiger partial charge in [-0.2, -0.15) is 13.2 Å². The van der Waals surface area contributed by atoms with Crippen LogP contribution in [0.5, 0.6) is 5.75 Å². The zero-order valence-electron chi connectivity index (χ0n) is 10.2. The number of nitrogens with one attached hydrogen (secondary N) is 1. The molecule has 0 aliphatic carbocycles. The van der Waals surface area contributed by atoms with Crippen molar-refractivity contribution in [3.05, 3.63) is 29.8 Å². The number of Topliss-reactive ketones (excluding diaryl/α,β-unsaturated/α-hetero) is 1. The van der Waals surface area contributed by atoms with Crippen LogP contribution in [0.1, 0.15) is 18.4 Å². The number of ketones is 1. The molecule has 1 aliphatic rings. The van der Waals surface area contributed by atoms with E-state index < -0.39 is 11.7 Å². The highest BCUT2D eigenvalue weighted by Gasteiger charge is 2.34. The molecule has 1 aromatic rings. The Morgan fingerprint density at radius 1 is 1.37 bits per heavy atom. The minimum atomic E-state index is -4.48. The molecule has 0 saturated carbocycles. The van der Waals surface area contributed by atoms with E-state index >= 15 is 0 Å². The maximum atomic E-state index is 12.7. The summed E-state index contributed by atoms with van der Waals surface area (Å²) in [7, 11) is 0. The van der Waals surface area contributed by atoms with Gasteiger partial charge in [0.25, 0.3) is 0 Å². The van der Waals surface area contributed by atoms with E-state index in [0.29, 0.717) is 6.42 Å². The van der Waals surface area contributed by atoms with Crippen molar-refractivity contribution in [3.8, 4) is 5.75 Å². The maximum Gasteiger partial charge on any atom is 0.419 e. The number of hydrogen-bond acceptors (Lipinski definition) is 3. The first-order chi connectivity index (χ1) is 8.98. The average molecular weight is 273 g/mol. The van der Waals surface area contributed by atoms with Gasteiger partial charge in [0.2, 0.25) is 0 Å². The number of halogens is 3. The van der Waals surface area contributed by atoms with Crippen LogP contribution in [0.4, 0.5) is 13.2 Å². The fraction of sp³-hybridized carbons (Fsp3) is 0.462. The first-order valence-electron chi connectivity index (χ1n) is 6.03. The van der Waals surface area contributed by atoms with Gasteiger partial charge in [0.1, 0.15) is 12.4 Å². The summed E-state index contributed by atoms with van der Waals surface area (Å²) < 4.78 is 43.1. The Labute approximate surface area is 108 Å². The Hall–Kier alpha value is -1.56. The van der Waals surface area contributed by atoms with Gasteiger partial charge < -0.3 is 10.1 Å². The molecule has 6 heteroatoms. The molecule has 0 bridgehead atoms. The molecule has 1 aromatic carbocycles. The second-order valence-electron chi connectivity index (χ2n) is 4.40. The predicted molar refractivity (Wildman–Crippen MR) is 63.0 cm³/mol.